The van der Waals surface area contributed by atoms with Crippen LogP contribution in [0, 0.1) is 0 Å². The summed E-state index contributed by atoms with van der Waals surface area (Å²) in [6.45, 7) is 7.57. The molecule has 2 nitrogen and oxygen atoms in total. The molecule has 0 amide bonds. The summed E-state index contributed by atoms with van der Waals surface area (Å²) < 4.78 is 0. The van der Waals surface area contributed by atoms with Gasteiger partial charge in [-0.1, -0.05) is 73.8 Å². The summed E-state index contributed by atoms with van der Waals surface area (Å²) in [7, 11) is 6.99. The number of hydrogen-bond acceptors (Lipinski definition) is 2. The predicted molar refractivity (Wildman–Crippen MR) is 147 cm³/mol. The summed E-state index contributed by atoms with van der Waals surface area (Å²) in [5.74, 6) is 0. The molecule has 0 radical (unpaired) electrons. The van der Waals surface area contributed by atoms with Crippen molar-refractivity contribution < 1.29 is 0 Å². The second-order valence-electron chi connectivity index (χ2n) is 11.1. The molecular weight excluding hydrogens is 416 g/mol. The summed E-state index contributed by atoms with van der Waals surface area (Å²) in [4.78, 5) is 4.60. The maximum absolute atomic E-state index is 2.67. The molecule has 0 bridgehead atoms. The molecule has 2 unspecified atom stereocenters. The van der Waals surface area contributed by atoms with E-state index in [0.29, 0.717) is 11.1 Å². The molecule has 2 atom stereocenters. The maximum Gasteiger partial charge on any atom is 0.0715 e. The molecule has 0 saturated heterocycles. The van der Waals surface area contributed by atoms with E-state index in [1.54, 1.807) is 22.3 Å². The van der Waals surface area contributed by atoms with Gasteiger partial charge in [0.2, 0.25) is 0 Å². The Bertz CT molecular complexity index is 950. The smallest absolute Gasteiger partial charge is 0.0715 e. The van der Waals surface area contributed by atoms with Crippen LogP contribution in [-0.2, 0) is 0 Å². The van der Waals surface area contributed by atoms with Crippen molar-refractivity contribution >= 4 is 19.2 Å². The second kappa shape index (κ2) is 10.1. The van der Waals surface area contributed by atoms with E-state index in [1.807, 2.05) is 0 Å². The molecule has 0 aromatic heterocycles. The van der Waals surface area contributed by atoms with Crippen molar-refractivity contribution in [2.75, 3.05) is 41.3 Å². The van der Waals surface area contributed by atoms with Gasteiger partial charge >= 0.3 is 0 Å². The van der Waals surface area contributed by atoms with E-state index in [4.69, 9.17) is 0 Å². The van der Waals surface area contributed by atoms with Gasteiger partial charge in [0.1, 0.15) is 0 Å². The molecular formula is C30H42N2Si. The zero-order valence-electron chi connectivity index (χ0n) is 21.6. The molecule has 0 aliphatic heterocycles. The Hall–Kier alpha value is -1.94. The standard InChI is InChI=1S/C30H42N2Si/c1-31(2)19-11-13-23-21-29(27-17-9-7-15-25(23)27)33(5,6)30-22-24(14-12-20-32(3)4)26-16-8-10-18-28(26)30/h7-10,15-18,21-22,29-30H,11-14,19-20H2,1-6H3. The van der Waals surface area contributed by atoms with E-state index < -0.39 is 8.07 Å². The molecule has 0 heterocycles. The van der Waals surface area contributed by atoms with Gasteiger partial charge in [0.05, 0.1) is 8.07 Å². The van der Waals surface area contributed by atoms with Gasteiger partial charge in [0.25, 0.3) is 0 Å². The van der Waals surface area contributed by atoms with Crippen molar-refractivity contribution in [3.63, 3.8) is 0 Å². The van der Waals surface area contributed by atoms with Crippen LogP contribution in [-0.4, -0.2) is 59.2 Å². The molecule has 0 N–H and O–H groups in total. The first-order chi connectivity index (χ1) is 15.8. The van der Waals surface area contributed by atoms with Crippen LogP contribution in [0.3, 0.4) is 0 Å². The van der Waals surface area contributed by atoms with Crippen LogP contribution in [0.15, 0.2) is 60.7 Å². The van der Waals surface area contributed by atoms with Crippen LogP contribution in [0.1, 0.15) is 59.0 Å². The molecule has 2 aliphatic rings. The second-order valence-corrected chi connectivity index (χ2v) is 16.0. The van der Waals surface area contributed by atoms with Crippen LogP contribution >= 0.6 is 0 Å². The topological polar surface area (TPSA) is 6.48 Å². The lowest BCUT2D eigenvalue weighted by molar-refractivity contribution is 0.403. The Morgan fingerprint density at radius 3 is 1.42 bits per heavy atom. The van der Waals surface area contributed by atoms with Crippen molar-refractivity contribution in [1.29, 1.82) is 0 Å². The quantitative estimate of drug-likeness (QED) is 0.360. The van der Waals surface area contributed by atoms with E-state index in [0.717, 1.165) is 13.1 Å². The Kier molecular flexibility index (Phi) is 7.42. The van der Waals surface area contributed by atoms with E-state index in [2.05, 4.69) is 112 Å². The molecule has 176 valence electrons. The number of nitrogens with zero attached hydrogens (tertiary/aromatic N) is 2. The number of fused-ring (bicyclic) bond motifs is 2. The van der Waals surface area contributed by atoms with Gasteiger partial charge in [0, 0.05) is 0 Å². The van der Waals surface area contributed by atoms with Crippen LogP contribution in [0.25, 0.3) is 11.1 Å². The van der Waals surface area contributed by atoms with Crippen molar-refractivity contribution in [3.8, 4) is 0 Å². The molecule has 0 fully saturated rings. The largest absolute Gasteiger partial charge is 0.309 e. The van der Waals surface area contributed by atoms with Gasteiger partial charge in [-0.2, -0.15) is 0 Å². The van der Waals surface area contributed by atoms with E-state index in [-0.39, 0.29) is 0 Å². The van der Waals surface area contributed by atoms with E-state index in [1.165, 1.54) is 36.8 Å². The minimum atomic E-state index is -1.72. The fraction of sp³-hybridized carbons (Fsp3) is 0.467. The minimum Gasteiger partial charge on any atom is -0.309 e. The highest BCUT2D eigenvalue weighted by Gasteiger charge is 2.44. The lowest BCUT2D eigenvalue weighted by Gasteiger charge is -2.35. The monoisotopic (exact) mass is 458 g/mol. The first kappa shape index (κ1) is 24.2. The molecule has 2 aromatic carbocycles. The molecule has 2 aliphatic carbocycles. The van der Waals surface area contributed by atoms with E-state index in [9.17, 15) is 0 Å². The average Bonchev–Trinajstić information content (AvgIpc) is 3.34. The third kappa shape index (κ3) is 5.11. The summed E-state index contributed by atoms with van der Waals surface area (Å²) in [6.07, 6.45) is 10.2. The lowest BCUT2D eigenvalue weighted by Crippen LogP contribution is -2.39. The number of hydrogen-bond donors (Lipinski definition) is 0. The first-order valence-corrected chi connectivity index (χ1v) is 15.8. The highest BCUT2D eigenvalue weighted by atomic mass is 28.3. The molecule has 3 heteroatoms. The van der Waals surface area contributed by atoms with Gasteiger partial charge < -0.3 is 9.80 Å². The van der Waals surface area contributed by atoms with Crippen molar-refractivity contribution in [2.45, 2.75) is 49.9 Å². The number of allylic oxidation sites excluding steroid dienone is 4. The molecule has 0 saturated carbocycles. The highest BCUT2D eigenvalue weighted by Crippen LogP contribution is 2.51. The number of rotatable bonds is 10. The van der Waals surface area contributed by atoms with Gasteiger partial charge in [-0.25, -0.2) is 0 Å². The van der Waals surface area contributed by atoms with Gasteiger partial charge in [0.15, 0.2) is 0 Å². The zero-order valence-corrected chi connectivity index (χ0v) is 22.6. The zero-order chi connectivity index (χ0) is 23.6. The third-order valence-corrected chi connectivity index (χ3v) is 11.9. The Labute approximate surface area is 203 Å². The van der Waals surface area contributed by atoms with Gasteiger partial charge in [-0.05, 0) is 111 Å². The molecule has 2 aromatic rings. The lowest BCUT2D eigenvalue weighted by atomic mass is 10.0. The Morgan fingerprint density at radius 2 is 1.03 bits per heavy atom. The Balaban J connectivity index is 1.64. The summed E-state index contributed by atoms with van der Waals surface area (Å²) in [5.41, 5.74) is 10.5. The van der Waals surface area contributed by atoms with Crippen molar-refractivity contribution in [1.82, 2.24) is 9.80 Å². The average molecular weight is 459 g/mol. The normalized spacial score (nSPS) is 19.6. The summed E-state index contributed by atoms with van der Waals surface area (Å²) >= 11 is 0. The van der Waals surface area contributed by atoms with Crippen LogP contribution < -0.4 is 0 Å². The summed E-state index contributed by atoms with van der Waals surface area (Å²) in [5, 5.41) is 0. The van der Waals surface area contributed by atoms with Gasteiger partial charge in [-0.15, -0.1) is 0 Å². The number of benzene rings is 2. The molecule has 4 rings (SSSR count). The van der Waals surface area contributed by atoms with Crippen LogP contribution in [0.4, 0.5) is 0 Å². The highest BCUT2D eigenvalue weighted by molar-refractivity contribution is 6.81. The fourth-order valence-electron chi connectivity index (χ4n) is 5.91. The first-order valence-electron chi connectivity index (χ1n) is 12.7. The fourth-order valence-corrected chi connectivity index (χ4v) is 9.67. The summed E-state index contributed by atoms with van der Waals surface area (Å²) in [6, 6.07) is 18.5. The van der Waals surface area contributed by atoms with Crippen LogP contribution in [0.5, 0.6) is 0 Å². The van der Waals surface area contributed by atoms with Crippen molar-refractivity contribution in [2.24, 2.45) is 0 Å². The molecule has 33 heavy (non-hydrogen) atoms. The van der Waals surface area contributed by atoms with E-state index >= 15 is 0 Å². The Morgan fingerprint density at radius 1 is 0.636 bits per heavy atom. The third-order valence-electron chi connectivity index (χ3n) is 7.73. The molecule has 0 spiro atoms. The minimum absolute atomic E-state index is 0.582. The maximum atomic E-state index is 2.67. The SMILES string of the molecule is CN(C)CCCC1=CC([Si](C)(C)C2C=C(CCCN(C)C)c3ccccc32)c2ccccc21. The van der Waals surface area contributed by atoms with Crippen molar-refractivity contribution in [3.05, 3.63) is 82.9 Å². The van der Waals surface area contributed by atoms with Crippen LogP contribution in [0.2, 0.25) is 13.1 Å². The predicted octanol–water partition coefficient (Wildman–Crippen LogP) is 6.82. The van der Waals surface area contributed by atoms with Gasteiger partial charge in [-0.3, -0.25) is 0 Å².